The minimum atomic E-state index is -0.0395. The summed E-state index contributed by atoms with van der Waals surface area (Å²) in [6, 6.07) is 5.92. The van der Waals surface area contributed by atoms with Gasteiger partial charge >= 0.3 is 0 Å². The lowest BCUT2D eigenvalue weighted by Crippen LogP contribution is -2.44. The molecular weight excluding hydrogens is 248 g/mol. The standard InChI is InChI=1S/C14H17ClN2O/c1-2-16-7-4-8-17-12(14(16)18)9-10-5-3-6-11(15)13(10)17/h3,5-6,12H,2,4,7-9H2,1H3. The van der Waals surface area contributed by atoms with E-state index in [9.17, 15) is 4.79 Å². The zero-order valence-corrected chi connectivity index (χ0v) is 11.3. The van der Waals surface area contributed by atoms with Crippen molar-refractivity contribution in [2.45, 2.75) is 25.8 Å². The van der Waals surface area contributed by atoms with E-state index >= 15 is 0 Å². The van der Waals surface area contributed by atoms with Crippen molar-refractivity contribution in [3.63, 3.8) is 0 Å². The molecule has 18 heavy (non-hydrogen) atoms. The smallest absolute Gasteiger partial charge is 0.245 e. The van der Waals surface area contributed by atoms with Crippen LogP contribution >= 0.6 is 11.6 Å². The molecule has 0 bridgehead atoms. The van der Waals surface area contributed by atoms with Crippen molar-refractivity contribution in [2.24, 2.45) is 0 Å². The summed E-state index contributed by atoms with van der Waals surface area (Å²) >= 11 is 6.29. The molecule has 1 saturated heterocycles. The first-order valence-corrected chi connectivity index (χ1v) is 6.93. The van der Waals surface area contributed by atoms with Crippen molar-refractivity contribution < 1.29 is 4.79 Å². The van der Waals surface area contributed by atoms with Crippen LogP contribution in [-0.2, 0) is 11.2 Å². The lowest BCUT2D eigenvalue weighted by Gasteiger charge is -2.26. The van der Waals surface area contributed by atoms with Gasteiger partial charge in [0, 0.05) is 26.1 Å². The number of carbonyl (C=O) groups excluding carboxylic acids is 1. The van der Waals surface area contributed by atoms with Crippen LogP contribution < -0.4 is 4.90 Å². The molecule has 1 amide bonds. The van der Waals surface area contributed by atoms with Crippen LogP contribution in [0.15, 0.2) is 18.2 Å². The van der Waals surface area contributed by atoms with E-state index in [2.05, 4.69) is 11.0 Å². The highest BCUT2D eigenvalue weighted by Gasteiger charge is 2.38. The first kappa shape index (κ1) is 11.8. The lowest BCUT2D eigenvalue weighted by atomic mass is 10.1. The summed E-state index contributed by atoms with van der Waals surface area (Å²) in [7, 11) is 0. The van der Waals surface area contributed by atoms with Crippen molar-refractivity contribution in [3.05, 3.63) is 28.8 Å². The molecule has 1 unspecified atom stereocenters. The number of hydrogen-bond acceptors (Lipinski definition) is 2. The topological polar surface area (TPSA) is 23.6 Å². The Morgan fingerprint density at radius 3 is 3.00 bits per heavy atom. The molecule has 0 N–H and O–H groups in total. The molecular formula is C14H17ClN2O. The number of benzene rings is 1. The van der Waals surface area contributed by atoms with E-state index in [0.717, 1.165) is 43.2 Å². The number of hydrogen-bond donors (Lipinski definition) is 0. The third-order valence-corrected chi connectivity index (χ3v) is 4.26. The molecule has 3 nitrogen and oxygen atoms in total. The van der Waals surface area contributed by atoms with Gasteiger partial charge < -0.3 is 9.80 Å². The van der Waals surface area contributed by atoms with Crippen molar-refractivity contribution in [2.75, 3.05) is 24.5 Å². The molecule has 0 aliphatic carbocycles. The van der Waals surface area contributed by atoms with Crippen molar-refractivity contribution in [1.82, 2.24) is 4.90 Å². The van der Waals surface area contributed by atoms with Gasteiger partial charge in [-0.3, -0.25) is 4.79 Å². The Morgan fingerprint density at radius 2 is 2.22 bits per heavy atom. The Kier molecular flexibility index (Phi) is 2.94. The summed E-state index contributed by atoms with van der Waals surface area (Å²) in [6.45, 7) is 4.63. The van der Waals surface area contributed by atoms with Crippen LogP contribution in [0.25, 0.3) is 0 Å². The summed E-state index contributed by atoms with van der Waals surface area (Å²) in [5, 5.41) is 0.771. The normalized spacial score (nSPS) is 22.8. The highest BCUT2D eigenvalue weighted by Crippen LogP contribution is 2.39. The molecule has 4 heteroatoms. The zero-order valence-electron chi connectivity index (χ0n) is 10.5. The first-order valence-electron chi connectivity index (χ1n) is 6.55. The maximum absolute atomic E-state index is 12.5. The summed E-state index contributed by atoms with van der Waals surface area (Å²) in [5.74, 6) is 0.252. The molecule has 2 heterocycles. The number of likely N-dealkylation sites (N-methyl/N-ethyl adjacent to an activating group) is 1. The molecule has 3 rings (SSSR count). The van der Waals surface area contributed by atoms with Crippen LogP contribution in [-0.4, -0.2) is 36.5 Å². The number of anilines is 1. The number of fused-ring (bicyclic) bond motifs is 3. The van der Waals surface area contributed by atoms with Crippen molar-refractivity contribution in [3.8, 4) is 0 Å². The van der Waals surface area contributed by atoms with E-state index in [1.54, 1.807) is 0 Å². The van der Waals surface area contributed by atoms with E-state index in [1.807, 2.05) is 24.0 Å². The number of amides is 1. The summed E-state index contributed by atoms with van der Waals surface area (Å²) in [6.07, 6.45) is 1.81. The van der Waals surface area contributed by atoms with Gasteiger partial charge in [0.05, 0.1) is 10.7 Å². The first-order chi connectivity index (χ1) is 8.72. The van der Waals surface area contributed by atoms with Crippen LogP contribution in [0.4, 0.5) is 5.69 Å². The van der Waals surface area contributed by atoms with E-state index in [1.165, 1.54) is 5.56 Å². The monoisotopic (exact) mass is 264 g/mol. The van der Waals surface area contributed by atoms with E-state index in [4.69, 9.17) is 11.6 Å². The Balaban J connectivity index is 2.00. The Labute approximate surface area is 112 Å². The van der Waals surface area contributed by atoms with Gasteiger partial charge in [-0.2, -0.15) is 0 Å². The molecule has 1 atom stereocenters. The lowest BCUT2D eigenvalue weighted by molar-refractivity contribution is -0.131. The molecule has 96 valence electrons. The van der Waals surface area contributed by atoms with Gasteiger partial charge in [-0.15, -0.1) is 0 Å². The number of halogens is 1. The highest BCUT2D eigenvalue weighted by atomic mass is 35.5. The molecule has 2 aliphatic rings. The fourth-order valence-corrected chi connectivity index (χ4v) is 3.38. The summed E-state index contributed by atoms with van der Waals surface area (Å²) < 4.78 is 0. The van der Waals surface area contributed by atoms with Crippen LogP contribution in [0.5, 0.6) is 0 Å². The fourth-order valence-electron chi connectivity index (χ4n) is 3.08. The largest absolute Gasteiger partial charge is 0.358 e. The minimum absolute atomic E-state index is 0.0395. The van der Waals surface area contributed by atoms with Gasteiger partial charge in [-0.05, 0) is 25.0 Å². The third-order valence-electron chi connectivity index (χ3n) is 3.95. The Bertz CT molecular complexity index is 489. The van der Waals surface area contributed by atoms with E-state index in [0.29, 0.717) is 0 Å². The maximum atomic E-state index is 12.5. The minimum Gasteiger partial charge on any atom is -0.358 e. The predicted molar refractivity (Wildman–Crippen MR) is 73.2 cm³/mol. The molecule has 1 aromatic carbocycles. The van der Waals surface area contributed by atoms with Crippen molar-refractivity contribution in [1.29, 1.82) is 0 Å². The molecule has 0 spiro atoms. The molecule has 1 aromatic rings. The van der Waals surface area contributed by atoms with Gasteiger partial charge in [0.1, 0.15) is 6.04 Å². The van der Waals surface area contributed by atoms with Gasteiger partial charge in [-0.1, -0.05) is 23.7 Å². The second-order valence-corrected chi connectivity index (χ2v) is 5.34. The average Bonchev–Trinajstić information content (AvgIpc) is 2.67. The highest BCUT2D eigenvalue weighted by molar-refractivity contribution is 6.33. The molecule has 1 fully saturated rings. The number of rotatable bonds is 1. The van der Waals surface area contributed by atoms with Crippen LogP contribution in [0.3, 0.4) is 0 Å². The Morgan fingerprint density at radius 1 is 1.39 bits per heavy atom. The summed E-state index contributed by atoms with van der Waals surface area (Å²) in [5.41, 5.74) is 2.29. The molecule has 0 saturated carbocycles. The molecule has 2 aliphatic heterocycles. The second kappa shape index (κ2) is 4.47. The fraction of sp³-hybridized carbons (Fsp3) is 0.500. The maximum Gasteiger partial charge on any atom is 0.245 e. The van der Waals surface area contributed by atoms with E-state index < -0.39 is 0 Å². The van der Waals surface area contributed by atoms with Crippen LogP contribution in [0, 0.1) is 0 Å². The number of carbonyl (C=O) groups is 1. The van der Waals surface area contributed by atoms with E-state index in [-0.39, 0.29) is 11.9 Å². The predicted octanol–water partition coefficient (Wildman–Crippen LogP) is 2.32. The average molecular weight is 265 g/mol. The van der Waals surface area contributed by atoms with Gasteiger partial charge in [0.25, 0.3) is 0 Å². The van der Waals surface area contributed by atoms with Crippen molar-refractivity contribution >= 4 is 23.2 Å². The molecule has 0 radical (unpaired) electrons. The van der Waals surface area contributed by atoms with Gasteiger partial charge in [0.15, 0.2) is 0 Å². The number of para-hydroxylation sites is 1. The number of nitrogens with zero attached hydrogens (tertiary/aromatic N) is 2. The Hall–Kier alpha value is -1.22. The summed E-state index contributed by atoms with van der Waals surface area (Å²) in [4.78, 5) is 16.6. The zero-order chi connectivity index (χ0) is 12.7. The van der Waals surface area contributed by atoms with Crippen LogP contribution in [0.2, 0.25) is 5.02 Å². The van der Waals surface area contributed by atoms with Gasteiger partial charge in [-0.25, -0.2) is 0 Å². The molecule has 0 aromatic heterocycles. The SMILES string of the molecule is CCN1CCCN2c3c(Cl)cccc3CC2C1=O. The third kappa shape index (κ3) is 1.69. The van der Waals surface area contributed by atoms with Crippen LogP contribution in [0.1, 0.15) is 18.9 Å². The quantitative estimate of drug-likeness (QED) is 0.777. The second-order valence-electron chi connectivity index (χ2n) is 4.93. The van der Waals surface area contributed by atoms with Gasteiger partial charge in [0.2, 0.25) is 5.91 Å².